The molecule has 0 aliphatic heterocycles. The minimum atomic E-state index is -1.34. The van der Waals surface area contributed by atoms with E-state index in [1.165, 1.54) is 45.0 Å². The number of aryl methyl sites for hydroxylation is 3. The number of halogens is 3. The van der Waals surface area contributed by atoms with E-state index in [-0.39, 0.29) is 58.9 Å². The Kier molecular flexibility index (Phi) is 14.0. The molecule has 0 aliphatic carbocycles. The maximum Gasteiger partial charge on any atom is 4.00 e. The Balaban J connectivity index is 0. The molecule has 160 valence electrons. The number of benzene rings is 2. The number of hydrogen-bond donors (Lipinski definition) is 0. The normalized spacial score (nSPS) is 10.8. The van der Waals surface area contributed by atoms with Crippen molar-refractivity contribution in [3.8, 4) is 0 Å². The summed E-state index contributed by atoms with van der Waals surface area (Å²) in [6.45, 7) is 15.9. The van der Waals surface area contributed by atoms with Crippen molar-refractivity contribution >= 4 is 19.2 Å². The van der Waals surface area contributed by atoms with Crippen molar-refractivity contribution < 1.29 is 58.9 Å². The van der Waals surface area contributed by atoms with Crippen molar-refractivity contribution in [2.45, 2.75) is 54.5 Å². The van der Waals surface area contributed by atoms with Crippen LogP contribution in [0.5, 0.6) is 0 Å². The molecule has 1 atom stereocenters. The van der Waals surface area contributed by atoms with Crippen LogP contribution < -0.4 is 47.6 Å². The zero-order chi connectivity index (χ0) is 19.0. The third kappa shape index (κ3) is 6.55. The van der Waals surface area contributed by atoms with Crippen LogP contribution in [0.15, 0.2) is 42.5 Å². The van der Waals surface area contributed by atoms with Gasteiger partial charge < -0.3 is 37.2 Å². The Morgan fingerprint density at radius 3 is 1.77 bits per heavy atom. The summed E-state index contributed by atoms with van der Waals surface area (Å²) in [5.74, 6) is 0. The van der Waals surface area contributed by atoms with Gasteiger partial charge in [0.05, 0.1) is 0 Å². The van der Waals surface area contributed by atoms with E-state index >= 15 is 0 Å². The fraction of sp³-hybridized carbons (Fsp3) is 0.320. The standard InChI is InChI=1S/C25H31Si.3ClH.Ti/c1-16-12-17(2)14-23(13-16)26(25-11-9-8-10-18(25)3)15-24-21(6)19(4)20(5)22(24)7;;;;/h8-14,26H,15H2,1-7H3;3*1H;/q-1;;;;+4/p-3. The fourth-order valence-corrected chi connectivity index (χ4v) is 8.16. The topological polar surface area (TPSA) is 0 Å². The predicted molar refractivity (Wildman–Crippen MR) is 118 cm³/mol. The average molecular weight is 514 g/mol. The van der Waals surface area contributed by atoms with Crippen molar-refractivity contribution in [1.82, 2.24) is 0 Å². The van der Waals surface area contributed by atoms with Gasteiger partial charge in [-0.2, -0.15) is 27.8 Å². The molecule has 0 saturated carbocycles. The zero-order valence-electron chi connectivity index (χ0n) is 19.0. The average Bonchev–Trinajstić information content (AvgIpc) is 2.77. The Bertz CT molecular complexity index is 918. The molecule has 0 aromatic heterocycles. The van der Waals surface area contributed by atoms with E-state index < -0.39 is 8.80 Å². The van der Waals surface area contributed by atoms with Crippen molar-refractivity contribution in [3.05, 3.63) is 87.0 Å². The van der Waals surface area contributed by atoms with E-state index in [1.54, 1.807) is 15.9 Å². The number of hydrogen-bond acceptors (Lipinski definition) is 0. The minimum Gasteiger partial charge on any atom is -1.00 e. The van der Waals surface area contributed by atoms with Gasteiger partial charge in [0.1, 0.15) is 8.80 Å². The third-order valence-corrected chi connectivity index (χ3v) is 9.56. The summed E-state index contributed by atoms with van der Waals surface area (Å²) in [6, 6.07) is 17.4. The summed E-state index contributed by atoms with van der Waals surface area (Å²) < 4.78 is 0. The third-order valence-electron chi connectivity index (χ3n) is 6.21. The van der Waals surface area contributed by atoms with E-state index in [0.717, 1.165) is 0 Å². The molecule has 1 unspecified atom stereocenters. The molecular weight excluding hydrogens is 483 g/mol. The van der Waals surface area contributed by atoms with Gasteiger partial charge >= 0.3 is 21.7 Å². The van der Waals surface area contributed by atoms with Crippen molar-refractivity contribution in [2.75, 3.05) is 0 Å². The van der Waals surface area contributed by atoms with Gasteiger partial charge in [0, 0.05) is 0 Å². The van der Waals surface area contributed by atoms with E-state index in [2.05, 4.69) is 90.9 Å². The number of rotatable bonds is 4. The van der Waals surface area contributed by atoms with Crippen LogP contribution in [0.25, 0.3) is 0 Å². The van der Waals surface area contributed by atoms with Crippen molar-refractivity contribution in [2.24, 2.45) is 0 Å². The summed E-state index contributed by atoms with van der Waals surface area (Å²) in [5, 5.41) is 3.17. The Labute approximate surface area is 218 Å². The first-order valence-electron chi connectivity index (χ1n) is 9.65. The molecule has 0 N–H and O–H groups in total. The van der Waals surface area contributed by atoms with Gasteiger partial charge in [-0.25, -0.2) is 0 Å². The first-order chi connectivity index (χ1) is 12.3. The molecule has 0 amide bonds. The largest absolute Gasteiger partial charge is 4.00 e. The van der Waals surface area contributed by atoms with E-state index in [1.807, 2.05) is 0 Å². The van der Waals surface area contributed by atoms with E-state index in [0.29, 0.717) is 0 Å². The molecule has 0 fully saturated rings. The van der Waals surface area contributed by atoms with Crippen LogP contribution in [-0.4, -0.2) is 8.80 Å². The zero-order valence-corrected chi connectivity index (χ0v) is 23.9. The second kappa shape index (κ2) is 13.2. The molecule has 5 heteroatoms. The Morgan fingerprint density at radius 1 is 0.767 bits per heavy atom. The van der Waals surface area contributed by atoms with Crippen molar-refractivity contribution in [3.63, 3.8) is 0 Å². The molecule has 0 spiro atoms. The van der Waals surface area contributed by atoms with Gasteiger partial charge in [-0.15, -0.1) is 0 Å². The molecular formula is C25H31Cl3SiTi. The minimum absolute atomic E-state index is 0. The first kappa shape index (κ1) is 31.8. The van der Waals surface area contributed by atoms with E-state index in [4.69, 9.17) is 0 Å². The molecule has 0 aliphatic rings. The predicted octanol–water partition coefficient (Wildman–Crippen LogP) is -4.30. The quantitative estimate of drug-likeness (QED) is 0.245. The Morgan fingerprint density at radius 2 is 1.30 bits per heavy atom. The maximum absolute atomic E-state index is 2.43. The molecule has 0 heterocycles. The van der Waals surface area contributed by atoms with Crippen LogP contribution in [0.2, 0.25) is 0 Å². The second-order valence-corrected chi connectivity index (χ2v) is 10.8. The van der Waals surface area contributed by atoms with Gasteiger partial charge in [-0.05, 0) is 26.8 Å². The molecule has 3 rings (SSSR count). The van der Waals surface area contributed by atoms with Gasteiger partial charge in [0.15, 0.2) is 0 Å². The maximum atomic E-state index is 2.43. The van der Waals surface area contributed by atoms with Crippen LogP contribution in [0, 0.1) is 48.5 Å². The van der Waals surface area contributed by atoms with Crippen molar-refractivity contribution in [1.29, 1.82) is 0 Å². The summed E-state index contributed by atoms with van der Waals surface area (Å²) >= 11 is 0. The van der Waals surface area contributed by atoms with Gasteiger partial charge in [-0.3, -0.25) is 0 Å². The molecule has 3 aromatic carbocycles. The summed E-state index contributed by atoms with van der Waals surface area (Å²) in [4.78, 5) is 0. The molecule has 0 saturated heterocycles. The molecule has 3 aromatic rings. The molecule has 0 nitrogen and oxygen atoms in total. The Hall–Kier alpha value is -0.409. The smallest absolute Gasteiger partial charge is 1.00 e. The monoisotopic (exact) mass is 512 g/mol. The van der Waals surface area contributed by atoms with Gasteiger partial charge in [0.2, 0.25) is 0 Å². The fourth-order valence-electron chi connectivity index (χ4n) is 4.40. The van der Waals surface area contributed by atoms with Crippen LogP contribution in [0.3, 0.4) is 0 Å². The first-order valence-corrected chi connectivity index (χ1v) is 11.6. The second-order valence-electron chi connectivity index (χ2n) is 8.01. The van der Waals surface area contributed by atoms with Crippen LogP contribution in [-0.2, 0) is 27.8 Å². The summed E-state index contributed by atoms with van der Waals surface area (Å²) in [7, 11) is -1.34. The SMILES string of the molecule is Cc1cc(C)cc([SiH](Cc2c(C)c(C)c(C)[c-]2C)c2ccccc2C)c1.[Cl-].[Cl-].[Cl-].[Ti+4]. The molecule has 0 bridgehead atoms. The molecule has 0 radical (unpaired) electrons. The van der Waals surface area contributed by atoms with E-state index in [9.17, 15) is 0 Å². The van der Waals surface area contributed by atoms with Crippen LogP contribution in [0.1, 0.15) is 44.5 Å². The summed E-state index contributed by atoms with van der Waals surface area (Å²) in [6.07, 6.45) is 0. The molecule has 30 heavy (non-hydrogen) atoms. The van der Waals surface area contributed by atoms with Crippen LogP contribution >= 0.6 is 0 Å². The summed E-state index contributed by atoms with van der Waals surface area (Å²) in [5.41, 5.74) is 11.8. The van der Waals surface area contributed by atoms with Gasteiger partial charge in [0.25, 0.3) is 0 Å². The van der Waals surface area contributed by atoms with Gasteiger partial charge in [-0.1, -0.05) is 97.2 Å². The van der Waals surface area contributed by atoms with Crippen LogP contribution in [0.4, 0.5) is 0 Å².